The Morgan fingerprint density at radius 1 is 1.24 bits per heavy atom. The molecule has 0 spiro atoms. The van der Waals surface area contributed by atoms with Gasteiger partial charge in [-0.25, -0.2) is 4.79 Å². The van der Waals surface area contributed by atoms with Crippen LogP contribution < -0.4 is 4.90 Å². The molecule has 0 saturated heterocycles. The molecule has 1 amide bonds. The number of aromatic carboxylic acids is 1. The van der Waals surface area contributed by atoms with E-state index in [0.717, 1.165) is 22.5 Å². The summed E-state index contributed by atoms with van der Waals surface area (Å²) in [4.78, 5) is 24.7. The predicted molar refractivity (Wildman–Crippen MR) is 76.3 cm³/mol. The summed E-state index contributed by atoms with van der Waals surface area (Å²) in [6, 6.07) is 3.64. The van der Waals surface area contributed by atoms with Gasteiger partial charge in [-0.3, -0.25) is 4.79 Å². The molecular weight excluding hydrogens is 296 g/mol. The van der Waals surface area contributed by atoms with Crippen molar-refractivity contribution in [1.82, 2.24) is 4.37 Å². The Kier molecular flexibility index (Phi) is 3.81. The quantitative estimate of drug-likeness (QED) is 0.746. The molecule has 2 aromatic rings. The average Bonchev–Trinajstić information content (AvgIpc) is 2.82. The molecule has 7 nitrogen and oxygen atoms in total. The molecular formula is C13H12N2O5S. The Morgan fingerprint density at radius 3 is 2.48 bits per heavy atom. The first-order chi connectivity index (χ1) is 9.82. The Labute approximate surface area is 123 Å². The van der Waals surface area contributed by atoms with Crippen LogP contribution in [0.3, 0.4) is 0 Å². The maximum atomic E-state index is 12.3. The maximum Gasteiger partial charge on any atom is 0.340 e. The van der Waals surface area contributed by atoms with Crippen molar-refractivity contribution in [2.45, 2.75) is 6.92 Å². The summed E-state index contributed by atoms with van der Waals surface area (Å²) in [5.74, 6) is -2.44. The minimum atomic E-state index is -1.16. The number of phenolic OH excluding ortho intramolecular Hbond substituents is 2. The fraction of sp³-hybridized carbons (Fsp3) is 0.154. The Balaban J connectivity index is 2.40. The van der Waals surface area contributed by atoms with Gasteiger partial charge in [-0.05, 0) is 36.7 Å². The van der Waals surface area contributed by atoms with Crippen molar-refractivity contribution in [1.29, 1.82) is 0 Å². The number of aryl methyl sites for hydroxylation is 1. The van der Waals surface area contributed by atoms with Gasteiger partial charge in [0.05, 0.1) is 5.69 Å². The molecule has 1 aromatic carbocycles. The van der Waals surface area contributed by atoms with Crippen molar-refractivity contribution in [3.63, 3.8) is 0 Å². The largest absolute Gasteiger partial charge is 0.504 e. The molecule has 0 aliphatic heterocycles. The lowest BCUT2D eigenvalue weighted by molar-refractivity contribution is 0.0697. The van der Waals surface area contributed by atoms with E-state index in [2.05, 4.69) is 4.37 Å². The number of carbonyl (C=O) groups excluding carboxylic acids is 1. The van der Waals surface area contributed by atoms with Gasteiger partial charge in [-0.2, -0.15) is 4.37 Å². The van der Waals surface area contributed by atoms with Gasteiger partial charge in [0.15, 0.2) is 11.5 Å². The van der Waals surface area contributed by atoms with Gasteiger partial charge < -0.3 is 20.2 Å². The smallest absolute Gasteiger partial charge is 0.340 e. The van der Waals surface area contributed by atoms with E-state index in [1.54, 1.807) is 6.92 Å². The number of benzene rings is 1. The number of amides is 1. The molecule has 0 radical (unpaired) electrons. The molecule has 0 aliphatic rings. The normalized spacial score (nSPS) is 10.4. The Morgan fingerprint density at radius 2 is 1.90 bits per heavy atom. The zero-order valence-electron chi connectivity index (χ0n) is 11.2. The van der Waals surface area contributed by atoms with Crippen LogP contribution in [0.2, 0.25) is 0 Å². The van der Waals surface area contributed by atoms with Crippen LogP contribution in [0, 0.1) is 6.92 Å². The lowest BCUT2D eigenvalue weighted by Gasteiger charge is -2.16. The first-order valence-corrected chi connectivity index (χ1v) is 6.60. The summed E-state index contributed by atoms with van der Waals surface area (Å²) in [6.07, 6.45) is 0. The number of carbonyl (C=O) groups is 2. The standard InChI is InChI=1S/C13H12N2O5S/c1-6-10(13(19)20)12(21-14-6)15(2)11(18)7-3-4-8(16)9(17)5-7/h3-5,16-17H,1-2H3,(H,19,20). The number of carboxylic acid groups (broad SMARTS) is 1. The third-order valence-electron chi connectivity index (χ3n) is 2.89. The van der Waals surface area contributed by atoms with E-state index in [-0.39, 0.29) is 21.9 Å². The SMILES string of the molecule is Cc1nsc(N(C)C(=O)c2ccc(O)c(O)c2)c1C(=O)O. The van der Waals surface area contributed by atoms with Crippen LogP contribution in [0.25, 0.3) is 0 Å². The minimum absolute atomic E-state index is 0.0288. The van der Waals surface area contributed by atoms with Gasteiger partial charge in [-0.1, -0.05) is 0 Å². The summed E-state index contributed by atoms with van der Waals surface area (Å²) in [5, 5.41) is 28.0. The third kappa shape index (κ3) is 2.65. The van der Waals surface area contributed by atoms with Crippen LogP contribution >= 0.6 is 11.5 Å². The van der Waals surface area contributed by atoms with Crippen molar-refractivity contribution in [2.24, 2.45) is 0 Å². The topological polar surface area (TPSA) is 111 Å². The summed E-state index contributed by atoms with van der Waals surface area (Å²) in [7, 11) is 1.42. The summed E-state index contributed by atoms with van der Waals surface area (Å²) >= 11 is 0.905. The average molecular weight is 308 g/mol. The van der Waals surface area contributed by atoms with Gasteiger partial charge in [0, 0.05) is 12.6 Å². The number of nitrogens with zero attached hydrogens (tertiary/aromatic N) is 2. The van der Waals surface area contributed by atoms with E-state index < -0.39 is 17.6 Å². The molecule has 0 bridgehead atoms. The molecule has 0 fully saturated rings. The van der Waals surface area contributed by atoms with E-state index >= 15 is 0 Å². The summed E-state index contributed by atoms with van der Waals surface area (Å²) < 4.78 is 3.94. The van der Waals surface area contributed by atoms with Crippen LogP contribution in [-0.2, 0) is 0 Å². The van der Waals surface area contributed by atoms with Crippen LogP contribution in [0.5, 0.6) is 11.5 Å². The van der Waals surface area contributed by atoms with E-state index in [9.17, 15) is 24.9 Å². The highest BCUT2D eigenvalue weighted by molar-refractivity contribution is 7.11. The molecule has 0 aliphatic carbocycles. The van der Waals surface area contributed by atoms with Gasteiger partial charge in [0.2, 0.25) is 0 Å². The van der Waals surface area contributed by atoms with E-state index in [4.69, 9.17) is 0 Å². The molecule has 3 N–H and O–H groups in total. The van der Waals surface area contributed by atoms with Crippen molar-refractivity contribution >= 4 is 28.4 Å². The molecule has 0 unspecified atom stereocenters. The Bertz CT molecular complexity index is 725. The van der Waals surface area contributed by atoms with Crippen molar-refractivity contribution in [2.75, 3.05) is 11.9 Å². The molecule has 0 saturated carbocycles. The molecule has 21 heavy (non-hydrogen) atoms. The fourth-order valence-corrected chi connectivity index (χ4v) is 2.62. The molecule has 2 rings (SSSR count). The van der Waals surface area contributed by atoms with Crippen molar-refractivity contribution in [3.05, 3.63) is 35.0 Å². The second-order valence-corrected chi connectivity index (χ2v) is 5.07. The number of hydrogen-bond acceptors (Lipinski definition) is 6. The number of phenols is 2. The number of carboxylic acids is 1. The van der Waals surface area contributed by atoms with Crippen molar-refractivity contribution in [3.8, 4) is 11.5 Å². The van der Waals surface area contributed by atoms with Gasteiger partial charge in [0.25, 0.3) is 5.91 Å². The first-order valence-electron chi connectivity index (χ1n) is 5.82. The highest BCUT2D eigenvalue weighted by atomic mass is 32.1. The second-order valence-electron chi connectivity index (χ2n) is 4.32. The van der Waals surface area contributed by atoms with Crippen molar-refractivity contribution < 1.29 is 24.9 Å². The fourth-order valence-electron chi connectivity index (χ4n) is 1.78. The van der Waals surface area contributed by atoms with E-state index in [0.29, 0.717) is 5.69 Å². The zero-order valence-corrected chi connectivity index (χ0v) is 12.0. The Hall–Kier alpha value is -2.61. The van der Waals surface area contributed by atoms with Crippen LogP contribution in [-0.4, -0.2) is 38.6 Å². The van der Waals surface area contributed by atoms with Crippen LogP contribution in [0.4, 0.5) is 5.00 Å². The summed E-state index contributed by atoms with van der Waals surface area (Å²) in [6.45, 7) is 1.55. The second kappa shape index (κ2) is 5.41. The lowest BCUT2D eigenvalue weighted by atomic mass is 10.1. The summed E-state index contributed by atoms with van der Waals surface area (Å²) in [5.41, 5.74) is 0.421. The molecule has 8 heteroatoms. The molecule has 110 valence electrons. The minimum Gasteiger partial charge on any atom is -0.504 e. The van der Waals surface area contributed by atoms with Crippen LogP contribution in [0.15, 0.2) is 18.2 Å². The van der Waals surface area contributed by atoms with Gasteiger partial charge >= 0.3 is 5.97 Å². The first kappa shape index (κ1) is 14.8. The number of hydrogen-bond donors (Lipinski definition) is 3. The number of aromatic nitrogens is 1. The predicted octanol–water partition coefficient (Wildman–Crippen LogP) is 1.84. The van der Waals surface area contributed by atoms with E-state index in [1.165, 1.54) is 19.2 Å². The van der Waals surface area contributed by atoms with Crippen LogP contribution in [0.1, 0.15) is 26.4 Å². The molecule has 0 atom stereocenters. The lowest BCUT2D eigenvalue weighted by Crippen LogP contribution is -2.26. The van der Waals surface area contributed by atoms with E-state index in [1.807, 2.05) is 0 Å². The zero-order chi connectivity index (χ0) is 15.7. The monoisotopic (exact) mass is 308 g/mol. The number of aromatic hydroxyl groups is 2. The maximum absolute atomic E-state index is 12.3. The van der Waals surface area contributed by atoms with Gasteiger partial charge in [0.1, 0.15) is 10.6 Å². The number of anilines is 1. The highest BCUT2D eigenvalue weighted by Crippen LogP contribution is 2.30. The number of rotatable bonds is 3. The van der Waals surface area contributed by atoms with Gasteiger partial charge in [-0.15, -0.1) is 0 Å². The third-order valence-corrected chi connectivity index (χ3v) is 3.91. The molecule has 1 aromatic heterocycles. The molecule has 1 heterocycles. The highest BCUT2D eigenvalue weighted by Gasteiger charge is 2.25.